The molecule has 2 heterocycles. The number of para-hydroxylation sites is 1. The third-order valence-electron chi connectivity index (χ3n) is 2.72. The Morgan fingerprint density at radius 1 is 1.28 bits per heavy atom. The lowest BCUT2D eigenvalue weighted by Crippen LogP contribution is -1.96. The number of nitrogen functional groups attached to an aromatic ring is 1. The zero-order chi connectivity index (χ0) is 12.5. The van der Waals surface area contributed by atoms with Crippen molar-refractivity contribution in [2.75, 3.05) is 5.73 Å². The molecule has 0 aliphatic heterocycles. The van der Waals surface area contributed by atoms with Gasteiger partial charge in [0.25, 0.3) is 0 Å². The van der Waals surface area contributed by atoms with Crippen LogP contribution in [-0.4, -0.2) is 19.8 Å². The second kappa shape index (κ2) is 4.38. The molecular formula is C12H13N5S. The first kappa shape index (κ1) is 11.2. The van der Waals surface area contributed by atoms with Crippen LogP contribution in [0.3, 0.4) is 0 Å². The van der Waals surface area contributed by atoms with E-state index < -0.39 is 0 Å². The number of nitrogens with two attached hydrogens (primary N) is 1. The number of nitrogens with zero attached hydrogens (tertiary/aromatic N) is 4. The van der Waals surface area contributed by atoms with E-state index in [-0.39, 0.29) is 0 Å². The average Bonchev–Trinajstić information content (AvgIpc) is 2.92. The summed E-state index contributed by atoms with van der Waals surface area (Å²) in [6.45, 7) is 2.11. The van der Waals surface area contributed by atoms with E-state index in [0.717, 1.165) is 39.9 Å². The van der Waals surface area contributed by atoms with Crippen LogP contribution in [0.25, 0.3) is 15.5 Å². The molecule has 0 fully saturated rings. The summed E-state index contributed by atoms with van der Waals surface area (Å²) < 4.78 is 1.82. The van der Waals surface area contributed by atoms with Crippen LogP contribution < -0.4 is 5.73 Å². The highest BCUT2D eigenvalue weighted by Gasteiger charge is 2.13. The van der Waals surface area contributed by atoms with Gasteiger partial charge >= 0.3 is 0 Å². The average molecular weight is 259 g/mol. The number of hydrogen-bond donors (Lipinski definition) is 1. The van der Waals surface area contributed by atoms with Gasteiger partial charge in [0.2, 0.25) is 4.96 Å². The van der Waals surface area contributed by atoms with E-state index in [1.807, 2.05) is 28.8 Å². The molecule has 6 heteroatoms. The fraction of sp³-hybridized carbons (Fsp3) is 0.250. The van der Waals surface area contributed by atoms with Gasteiger partial charge in [0, 0.05) is 17.7 Å². The SMILES string of the molecule is CCCc1nnc2sc(-c3ccccc3N)nn12. The third-order valence-corrected chi connectivity index (χ3v) is 3.65. The Morgan fingerprint density at radius 2 is 2.11 bits per heavy atom. The molecule has 92 valence electrons. The molecule has 3 aromatic rings. The molecule has 0 saturated carbocycles. The Labute approximate surface area is 108 Å². The van der Waals surface area contributed by atoms with Crippen molar-refractivity contribution < 1.29 is 0 Å². The van der Waals surface area contributed by atoms with Crippen molar-refractivity contribution in [3.8, 4) is 10.6 Å². The van der Waals surface area contributed by atoms with Crippen LogP contribution in [0.1, 0.15) is 19.2 Å². The summed E-state index contributed by atoms with van der Waals surface area (Å²) in [7, 11) is 0. The van der Waals surface area contributed by atoms with Crippen molar-refractivity contribution in [2.24, 2.45) is 0 Å². The van der Waals surface area contributed by atoms with Gasteiger partial charge in [0.1, 0.15) is 5.01 Å². The van der Waals surface area contributed by atoms with Crippen LogP contribution in [0, 0.1) is 0 Å². The number of fused-ring (bicyclic) bond motifs is 1. The van der Waals surface area contributed by atoms with E-state index in [9.17, 15) is 0 Å². The lowest BCUT2D eigenvalue weighted by molar-refractivity contribution is 0.778. The Morgan fingerprint density at radius 3 is 2.89 bits per heavy atom. The molecule has 0 amide bonds. The predicted octanol–water partition coefficient (Wildman–Crippen LogP) is 2.39. The predicted molar refractivity (Wildman–Crippen MR) is 72.5 cm³/mol. The Hall–Kier alpha value is -1.95. The summed E-state index contributed by atoms with van der Waals surface area (Å²) in [4.78, 5) is 0.816. The molecule has 0 bridgehead atoms. The number of anilines is 1. The lowest BCUT2D eigenvalue weighted by Gasteiger charge is -1.99. The van der Waals surface area contributed by atoms with E-state index in [0.29, 0.717) is 0 Å². The third kappa shape index (κ3) is 1.74. The van der Waals surface area contributed by atoms with Gasteiger partial charge in [-0.05, 0) is 18.6 Å². The minimum atomic E-state index is 0.736. The Balaban J connectivity index is 2.11. The molecule has 5 nitrogen and oxygen atoms in total. The fourth-order valence-electron chi connectivity index (χ4n) is 1.84. The number of hydrogen-bond acceptors (Lipinski definition) is 5. The highest BCUT2D eigenvalue weighted by molar-refractivity contribution is 7.19. The van der Waals surface area contributed by atoms with E-state index in [1.54, 1.807) is 0 Å². The smallest absolute Gasteiger partial charge is 0.234 e. The zero-order valence-electron chi connectivity index (χ0n) is 10.00. The molecule has 0 spiro atoms. The summed E-state index contributed by atoms with van der Waals surface area (Å²) in [6, 6.07) is 7.73. The monoisotopic (exact) mass is 259 g/mol. The van der Waals surface area contributed by atoms with Crippen molar-refractivity contribution in [3.63, 3.8) is 0 Å². The first-order valence-corrected chi connectivity index (χ1v) is 6.67. The van der Waals surface area contributed by atoms with Crippen molar-refractivity contribution in [1.29, 1.82) is 0 Å². The first-order valence-electron chi connectivity index (χ1n) is 5.85. The molecule has 0 saturated heterocycles. The maximum absolute atomic E-state index is 5.96. The lowest BCUT2D eigenvalue weighted by atomic mass is 10.2. The number of aryl methyl sites for hydroxylation is 1. The standard InChI is InChI=1S/C12H13N5S/c1-2-5-10-14-15-12-17(10)16-11(18-12)8-6-3-4-7-9(8)13/h3-4,6-7H,2,5,13H2,1H3. The second-order valence-electron chi connectivity index (χ2n) is 4.06. The molecule has 1 aromatic carbocycles. The molecule has 0 aliphatic rings. The van der Waals surface area contributed by atoms with Gasteiger partial charge in [-0.2, -0.15) is 9.61 Å². The van der Waals surface area contributed by atoms with E-state index in [4.69, 9.17) is 5.73 Å². The summed E-state index contributed by atoms with van der Waals surface area (Å²) >= 11 is 1.51. The number of rotatable bonds is 3. The number of benzene rings is 1. The summed E-state index contributed by atoms with van der Waals surface area (Å²) in [5.41, 5.74) is 7.65. The van der Waals surface area contributed by atoms with Gasteiger partial charge < -0.3 is 5.73 Å². The van der Waals surface area contributed by atoms with Crippen LogP contribution in [0.15, 0.2) is 24.3 Å². The first-order chi connectivity index (χ1) is 8.79. The summed E-state index contributed by atoms with van der Waals surface area (Å²) in [6.07, 6.45) is 1.91. The van der Waals surface area contributed by atoms with Crippen molar-refractivity contribution >= 4 is 22.0 Å². The molecule has 3 rings (SSSR count). The van der Waals surface area contributed by atoms with E-state index in [2.05, 4.69) is 22.2 Å². The molecular weight excluding hydrogens is 246 g/mol. The largest absolute Gasteiger partial charge is 0.398 e. The molecule has 2 aromatic heterocycles. The number of aromatic nitrogens is 4. The Bertz CT molecular complexity index is 685. The minimum absolute atomic E-state index is 0.736. The topological polar surface area (TPSA) is 69.1 Å². The zero-order valence-corrected chi connectivity index (χ0v) is 10.8. The van der Waals surface area contributed by atoms with Gasteiger partial charge in [-0.15, -0.1) is 10.2 Å². The second-order valence-corrected chi connectivity index (χ2v) is 5.01. The summed E-state index contributed by atoms with van der Waals surface area (Å²) in [5, 5.41) is 13.7. The van der Waals surface area contributed by atoms with Gasteiger partial charge in [0.05, 0.1) is 0 Å². The normalized spacial score (nSPS) is 11.2. The van der Waals surface area contributed by atoms with Gasteiger partial charge in [0.15, 0.2) is 5.82 Å². The van der Waals surface area contributed by atoms with Crippen LogP contribution >= 0.6 is 11.3 Å². The molecule has 0 aliphatic carbocycles. The Kier molecular flexibility index (Phi) is 2.71. The summed E-state index contributed by atoms with van der Waals surface area (Å²) in [5.74, 6) is 0.907. The fourth-order valence-corrected chi connectivity index (χ4v) is 2.74. The van der Waals surface area contributed by atoms with Crippen LogP contribution in [0.2, 0.25) is 0 Å². The van der Waals surface area contributed by atoms with Gasteiger partial charge in [-0.1, -0.05) is 30.4 Å². The van der Waals surface area contributed by atoms with Gasteiger partial charge in [-0.25, -0.2) is 0 Å². The van der Waals surface area contributed by atoms with Gasteiger partial charge in [-0.3, -0.25) is 0 Å². The van der Waals surface area contributed by atoms with Crippen LogP contribution in [0.4, 0.5) is 5.69 Å². The van der Waals surface area contributed by atoms with E-state index >= 15 is 0 Å². The maximum Gasteiger partial charge on any atom is 0.234 e. The van der Waals surface area contributed by atoms with Crippen LogP contribution in [0.5, 0.6) is 0 Å². The molecule has 2 N–H and O–H groups in total. The van der Waals surface area contributed by atoms with Crippen LogP contribution in [-0.2, 0) is 6.42 Å². The maximum atomic E-state index is 5.96. The highest BCUT2D eigenvalue weighted by atomic mass is 32.1. The molecule has 0 unspecified atom stereocenters. The molecule has 0 atom stereocenters. The minimum Gasteiger partial charge on any atom is -0.398 e. The van der Waals surface area contributed by atoms with E-state index in [1.165, 1.54) is 11.3 Å². The molecule has 0 radical (unpaired) electrons. The van der Waals surface area contributed by atoms with Crippen molar-refractivity contribution in [3.05, 3.63) is 30.1 Å². The highest BCUT2D eigenvalue weighted by Crippen LogP contribution is 2.29. The quantitative estimate of drug-likeness (QED) is 0.733. The van der Waals surface area contributed by atoms with Crippen molar-refractivity contribution in [2.45, 2.75) is 19.8 Å². The molecule has 18 heavy (non-hydrogen) atoms. The van der Waals surface area contributed by atoms with Crippen molar-refractivity contribution in [1.82, 2.24) is 19.8 Å².